The zero-order valence-corrected chi connectivity index (χ0v) is 11.0. The van der Waals surface area contributed by atoms with E-state index in [9.17, 15) is 4.39 Å². The Bertz CT molecular complexity index is 426. The highest BCUT2D eigenvalue weighted by molar-refractivity contribution is 5.29. The lowest BCUT2D eigenvalue weighted by atomic mass is 9.97. The predicted molar refractivity (Wildman–Crippen MR) is 68.6 cm³/mol. The number of hydrogen-bond acceptors (Lipinski definition) is 3. The molecule has 0 bridgehead atoms. The van der Waals surface area contributed by atoms with Crippen LogP contribution in [0.5, 0.6) is 5.75 Å². The summed E-state index contributed by atoms with van der Waals surface area (Å²) in [4.78, 5) is 0. The van der Waals surface area contributed by atoms with E-state index in [0.29, 0.717) is 19.0 Å². The van der Waals surface area contributed by atoms with Crippen LogP contribution in [0.3, 0.4) is 0 Å². The van der Waals surface area contributed by atoms with E-state index < -0.39 is 0 Å². The summed E-state index contributed by atoms with van der Waals surface area (Å²) in [5.41, 5.74) is 0.841. The Hall–Kier alpha value is -1.60. The Balaban J connectivity index is 2.49. The van der Waals surface area contributed by atoms with Crippen LogP contribution in [0.4, 0.5) is 4.39 Å². The molecule has 0 aromatic heterocycles. The third-order valence-corrected chi connectivity index (χ3v) is 2.88. The number of benzene rings is 1. The fraction of sp³-hybridized carbons (Fsp3) is 0.500. The Morgan fingerprint density at radius 3 is 2.67 bits per heavy atom. The number of nitriles is 1. The molecule has 4 heteroatoms. The van der Waals surface area contributed by atoms with E-state index in [1.165, 1.54) is 13.2 Å². The highest BCUT2D eigenvalue weighted by atomic mass is 19.1. The molecule has 1 unspecified atom stereocenters. The van der Waals surface area contributed by atoms with Crippen molar-refractivity contribution in [2.45, 2.75) is 20.4 Å². The maximum atomic E-state index is 13.4. The summed E-state index contributed by atoms with van der Waals surface area (Å²) in [6.45, 7) is 5.19. The largest absolute Gasteiger partial charge is 0.494 e. The van der Waals surface area contributed by atoms with Gasteiger partial charge in [-0.25, -0.2) is 4.39 Å². The lowest BCUT2D eigenvalue weighted by molar-refractivity contribution is 0.386. The van der Waals surface area contributed by atoms with Crippen LogP contribution in [-0.2, 0) is 6.54 Å². The van der Waals surface area contributed by atoms with Gasteiger partial charge in [-0.3, -0.25) is 0 Å². The minimum Gasteiger partial charge on any atom is -0.494 e. The zero-order valence-electron chi connectivity index (χ0n) is 11.0. The Labute approximate surface area is 108 Å². The van der Waals surface area contributed by atoms with E-state index in [4.69, 9.17) is 10.00 Å². The average molecular weight is 250 g/mol. The van der Waals surface area contributed by atoms with Crippen LogP contribution in [-0.4, -0.2) is 13.7 Å². The lowest BCUT2D eigenvalue weighted by Gasteiger charge is -2.13. The summed E-state index contributed by atoms with van der Waals surface area (Å²) in [7, 11) is 1.44. The van der Waals surface area contributed by atoms with Gasteiger partial charge in [0.05, 0.1) is 19.1 Å². The van der Waals surface area contributed by atoms with Gasteiger partial charge in [0.25, 0.3) is 0 Å². The first-order chi connectivity index (χ1) is 8.58. The molecule has 18 heavy (non-hydrogen) atoms. The number of nitrogens with one attached hydrogen (secondary N) is 1. The molecule has 0 fully saturated rings. The van der Waals surface area contributed by atoms with Gasteiger partial charge in [-0.15, -0.1) is 0 Å². The van der Waals surface area contributed by atoms with Crippen LogP contribution in [0.1, 0.15) is 19.4 Å². The summed E-state index contributed by atoms with van der Waals surface area (Å²) < 4.78 is 18.3. The summed E-state index contributed by atoms with van der Waals surface area (Å²) in [5, 5.41) is 12.1. The van der Waals surface area contributed by atoms with E-state index in [0.717, 1.165) is 5.56 Å². The van der Waals surface area contributed by atoms with Gasteiger partial charge in [0.1, 0.15) is 0 Å². The number of methoxy groups -OCH3 is 1. The molecule has 0 heterocycles. The lowest BCUT2D eigenvalue weighted by Crippen LogP contribution is -2.24. The molecule has 0 saturated carbocycles. The molecular formula is C14H19FN2O. The second-order valence-electron chi connectivity index (χ2n) is 4.58. The molecule has 0 saturated heterocycles. The van der Waals surface area contributed by atoms with Gasteiger partial charge in [0.2, 0.25) is 0 Å². The van der Waals surface area contributed by atoms with Crippen molar-refractivity contribution in [2.75, 3.05) is 13.7 Å². The van der Waals surface area contributed by atoms with Crippen molar-refractivity contribution in [1.82, 2.24) is 5.32 Å². The van der Waals surface area contributed by atoms with Crippen molar-refractivity contribution in [1.29, 1.82) is 5.26 Å². The van der Waals surface area contributed by atoms with Gasteiger partial charge < -0.3 is 10.1 Å². The molecule has 0 aliphatic heterocycles. The van der Waals surface area contributed by atoms with Crippen molar-refractivity contribution in [3.8, 4) is 11.8 Å². The van der Waals surface area contributed by atoms with E-state index in [1.807, 2.05) is 19.9 Å². The number of hydrogen-bond donors (Lipinski definition) is 1. The third kappa shape index (κ3) is 4.01. The molecule has 0 aliphatic rings. The summed E-state index contributed by atoms with van der Waals surface area (Å²) in [6, 6.07) is 7.13. The smallest absolute Gasteiger partial charge is 0.165 e. The van der Waals surface area contributed by atoms with Crippen molar-refractivity contribution < 1.29 is 9.13 Å². The fourth-order valence-electron chi connectivity index (χ4n) is 1.62. The topological polar surface area (TPSA) is 45.0 Å². The van der Waals surface area contributed by atoms with Crippen LogP contribution >= 0.6 is 0 Å². The van der Waals surface area contributed by atoms with Gasteiger partial charge in [-0.2, -0.15) is 5.26 Å². The maximum Gasteiger partial charge on any atom is 0.165 e. The minimum atomic E-state index is -0.363. The molecule has 1 atom stereocenters. The molecule has 0 radical (unpaired) electrons. The molecule has 0 aliphatic carbocycles. The molecule has 1 aromatic rings. The highest BCUT2D eigenvalue weighted by Crippen LogP contribution is 2.17. The van der Waals surface area contributed by atoms with Crippen molar-refractivity contribution in [2.24, 2.45) is 11.8 Å². The van der Waals surface area contributed by atoms with Gasteiger partial charge in [-0.1, -0.05) is 19.9 Å². The first-order valence-electron chi connectivity index (χ1n) is 6.01. The van der Waals surface area contributed by atoms with Crippen molar-refractivity contribution >= 4 is 0 Å². The van der Waals surface area contributed by atoms with E-state index in [2.05, 4.69) is 11.4 Å². The average Bonchev–Trinajstić information content (AvgIpc) is 2.34. The number of ether oxygens (including phenoxy) is 1. The van der Waals surface area contributed by atoms with Crippen LogP contribution in [0.25, 0.3) is 0 Å². The number of nitrogens with zero attached hydrogens (tertiary/aromatic N) is 1. The monoisotopic (exact) mass is 250 g/mol. The molecule has 0 spiro atoms. The van der Waals surface area contributed by atoms with Crippen molar-refractivity contribution in [3.63, 3.8) is 0 Å². The zero-order chi connectivity index (χ0) is 13.5. The van der Waals surface area contributed by atoms with Crippen LogP contribution in [0, 0.1) is 29.0 Å². The number of rotatable bonds is 6. The number of halogens is 1. The van der Waals surface area contributed by atoms with Crippen molar-refractivity contribution in [3.05, 3.63) is 29.6 Å². The summed E-state index contributed by atoms with van der Waals surface area (Å²) in [6.07, 6.45) is 0. The van der Waals surface area contributed by atoms with Crippen LogP contribution in [0.15, 0.2) is 18.2 Å². The third-order valence-electron chi connectivity index (χ3n) is 2.88. The standard InChI is InChI=1S/C14H19FN2O/c1-10(2)12(7-16)9-17-8-11-4-5-14(18-3)13(15)6-11/h4-6,10,12,17H,8-9H2,1-3H3. The van der Waals surface area contributed by atoms with E-state index in [-0.39, 0.29) is 17.5 Å². The molecule has 1 rings (SSSR count). The van der Waals surface area contributed by atoms with Gasteiger partial charge in [0.15, 0.2) is 11.6 Å². The maximum absolute atomic E-state index is 13.4. The summed E-state index contributed by atoms with van der Waals surface area (Å²) in [5.74, 6) is 0.177. The Morgan fingerprint density at radius 1 is 1.44 bits per heavy atom. The molecule has 1 N–H and O–H groups in total. The predicted octanol–water partition coefficient (Wildman–Crippen LogP) is 2.72. The Kier molecular flexibility index (Phi) is 5.60. The second-order valence-corrected chi connectivity index (χ2v) is 4.58. The van der Waals surface area contributed by atoms with Gasteiger partial charge >= 0.3 is 0 Å². The van der Waals surface area contributed by atoms with Crippen LogP contribution in [0.2, 0.25) is 0 Å². The highest BCUT2D eigenvalue weighted by Gasteiger charge is 2.11. The molecule has 3 nitrogen and oxygen atoms in total. The van der Waals surface area contributed by atoms with Gasteiger partial charge in [-0.05, 0) is 23.6 Å². The van der Waals surface area contributed by atoms with E-state index in [1.54, 1.807) is 6.07 Å². The Morgan fingerprint density at radius 2 is 2.17 bits per heavy atom. The molecular weight excluding hydrogens is 231 g/mol. The second kappa shape index (κ2) is 6.97. The van der Waals surface area contributed by atoms with Crippen LogP contribution < -0.4 is 10.1 Å². The normalized spacial score (nSPS) is 12.2. The summed E-state index contributed by atoms with van der Waals surface area (Å²) >= 11 is 0. The first-order valence-corrected chi connectivity index (χ1v) is 6.01. The fourth-order valence-corrected chi connectivity index (χ4v) is 1.62. The molecule has 1 aromatic carbocycles. The SMILES string of the molecule is COc1ccc(CNCC(C#N)C(C)C)cc1F. The minimum absolute atomic E-state index is 0.0203. The first kappa shape index (κ1) is 14.5. The quantitative estimate of drug-likeness (QED) is 0.844. The van der Waals surface area contributed by atoms with Gasteiger partial charge in [0, 0.05) is 13.1 Å². The molecule has 98 valence electrons. The van der Waals surface area contributed by atoms with E-state index >= 15 is 0 Å². The molecule has 0 amide bonds.